The van der Waals surface area contributed by atoms with Crippen LogP contribution in [0.5, 0.6) is 0 Å². The first-order valence-corrected chi connectivity index (χ1v) is 9.15. The summed E-state index contributed by atoms with van der Waals surface area (Å²) in [6.45, 7) is 3.72. The van der Waals surface area contributed by atoms with Crippen molar-refractivity contribution >= 4 is 21.6 Å². The summed E-state index contributed by atoms with van der Waals surface area (Å²) in [5.74, 6) is -0.0334. The van der Waals surface area contributed by atoms with E-state index in [-0.39, 0.29) is 23.4 Å². The van der Waals surface area contributed by atoms with Crippen LogP contribution in [0.15, 0.2) is 46.1 Å². The summed E-state index contributed by atoms with van der Waals surface area (Å²) in [6.07, 6.45) is 3.70. The minimum atomic E-state index is -3.60. The van der Waals surface area contributed by atoms with E-state index >= 15 is 0 Å². The van der Waals surface area contributed by atoms with Crippen molar-refractivity contribution in [1.29, 1.82) is 0 Å². The molecule has 6 nitrogen and oxygen atoms in total. The Hall–Kier alpha value is -2.12. The number of furan rings is 1. The van der Waals surface area contributed by atoms with Crippen LogP contribution in [-0.2, 0) is 27.8 Å². The smallest absolute Gasteiger partial charge is 0.243 e. The highest BCUT2D eigenvalue weighted by Gasteiger charge is 2.31. The molecule has 1 atom stereocenters. The summed E-state index contributed by atoms with van der Waals surface area (Å²) in [5, 5.41) is 0. The lowest BCUT2D eigenvalue weighted by Crippen LogP contribution is -2.33. The van der Waals surface area contributed by atoms with Crippen LogP contribution in [0.25, 0.3) is 0 Å². The van der Waals surface area contributed by atoms with Gasteiger partial charge in [0.1, 0.15) is 0 Å². The first-order valence-electron chi connectivity index (χ1n) is 7.71. The fourth-order valence-electron chi connectivity index (χ4n) is 3.15. The predicted molar refractivity (Wildman–Crippen MR) is 90.1 cm³/mol. The van der Waals surface area contributed by atoms with Crippen molar-refractivity contribution in [2.24, 2.45) is 0 Å². The van der Waals surface area contributed by atoms with E-state index in [4.69, 9.17) is 4.42 Å². The third kappa shape index (κ3) is 2.85. The van der Waals surface area contributed by atoms with Gasteiger partial charge in [0.25, 0.3) is 0 Å². The van der Waals surface area contributed by atoms with Gasteiger partial charge in [0.2, 0.25) is 15.9 Å². The van der Waals surface area contributed by atoms with Crippen LogP contribution in [0.3, 0.4) is 0 Å². The van der Waals surface area contributed by atoms with E-state index in [9.17, 15) is 13.2 Å². The average molecular weight is 348 g/mol. The van der Waals surface area contributed by atoms with Gasteiger partial charge in [0, 0.05) is 37.8 Å². The molecule has 1 aromatic heterocycles. The maximum Gasteiger partial charge on any atom is 0.243 e. The van der Waals surface area contributed by atoms with Gasteiger partial charge in [0.15, 0.2) is 0 Å². The average Bonchev–Trinajstić information content (AvgIpc) is 3.12. The van der Waals surface area contributed by atoms with Crippen LogP contribution in [0, 0.1) is 0 Å². The maximum absolute atomic E-state index is 12.8. The monoisotopic (exact) mass is 348 g/mol. The number of carbonyl (C=O) groups is 1. The third-order valence-electron chi connectivity index (χ3n) is 4.30. The van der Waals surface area contributed by atoms with E-state index in [1.165, 1.54) is 23.8 Å². The van der Waals surface area contributed by atoms with Crippen molar-refractivity contribution in [1.82, 2.24) is 4.31 Å². The van der Waals surface area contributed by atoms with Crippen LogP contribution in [0.1, 0.15) is 25.0 Å². The Bertz CT molecular complexity index is 859. The topological polar surface area (TPSA) is 70.8 Å². The van der Waals surface area contributed by atoms with Gasteiger partial charge in [-0.1, -0.05) is 0 Å². The zero-order valence-electron chi connectivity index (χ0n) is 13.9. The van der Waals surface area contributed by atoms with Gasteiger partial charge in [-0.05, 0) is 43.2 Å². The Morgan fingerprint density at radius 3 is 2.75 bits per heavy atom. The van der Waals surface area contributed by atoms with E-state index in [1.807, 2.05) is 6.92 Å². The highest BCUT2D eigenvalue weighted by atomic mass is 32.2. The fraction of sp³-hybridized carbons (Fsp3) is 0.353. The molecule has 3 rings (SSSR count). The van der Waals surface area contributed by atoms with Gasteiger partial charge in [0.05, 0.1) is 17.4 Å². The van der Waals surface area contributed by atoms with Crippen LogP contribution in [0.2, 0.25) is 0 Å². The first kappa shape index (κ1) is 16.7. The van der Waals surface area contributed by atoms with Crippen LogP contribution in [-0.4, -0.2) is 31.7 Å². The summed E-state index contributed by atoms with van der Waals surface area (Å²) >= 11 is 0. The SMILES string of the molecule is CC(=O)N1c2ccc(S(=O)(=O)N(C)Cc3ccoc3)cc2CC1C. The van der Waals surface area contributed by atoms with Gasteiger partial charge in [-0.2, -0.15) is 4.31 Å². The third-order valence-corrected chi connectivity index (χ3v) is 6.10. The molecule has 1 aromatic carbocycles. The molecule has 0 saturated heterocycles. The minimum Gasteiger partial charge on any atom is -0.472 e. The summed E-state index contributed by atoms with van der Waals surface area (Å²) in [4.78, 5) is 13.7. The van der Waals surface area contributed by atoms with Crippen LogP contribution >= 0.6 is 0 Å². The van der Waals surface area contributed by atoms with Crippen molar-refractivity contribution in [3.05, 3.63) is 47.9 Å². The lowest BCUT2D eigenvalue weighted by atomic mass is 10.1. The molecular formula is C17H20N2O4S. The largest absolute Gasteiger partial charge is 0.472 e. The number of benzene rings is 1. The highest BCUT2D eigenvalue weighted by molar-refractivity contribution is 7.89. The summed E-state index contributed by atoms with van der Waals surface area (Å²) < 4.78 is 31.8. The number of hydrogen-bond donors (Lipinski definition) is 0. The highest BCUT2D eigenvalue weighted by Crippen LogP contribution is 2.34. The van der Waals surface area contributed by atoms with E-state index in [0.29, 0.717) is 6.42 Å². The Labute approximate surface area is 141 Å². The normalized spacial score (nSPS) is 17.3. The number of sulfonamides is 1. The molecule has 1 amide bonds. The second-order valence-electron chi connectivity index (χ2n) is 6.13. The van der Waals surface area contributed by atoms with Gasteiger partial charge < -0.3 is 9.32 Å². The quantitative estimate of drug-likeness (QED) is 0.851. The molecule has 0 spiro atoms. The van der Waals surface area contributed by atoms with Crippen molar-refractivity contribution in [2.45, 2.75) is 37.8 Å². The lowest BCUT2D eigenvalue weighted by molar-refractivity contribution is -0.116. The lowest BCUT2D eigenvalue weighted by Gasteiger charge is -2.21. The standard InChI is InChI=1S/C17H20N2O4S/c1-12-8-15-9-16(4-5-17(15)19(12)13(2)20)24(21,22)18(3)10-14-6-7-23-11-14/h4-7,9,11-12H,8,10H2,1-3H3. The number of anilines is 1. The van der Waals surface area contributed by atoms with Gasteiger partial charge in [-0.25, -0.2) is 8.42 Å². The zero-order chi connectivity index (χ0) is 17.5. The zero-order valence-corrected chi connectivity index (χ0v) is 14.7. The van der Waals surface area contributed by atoms with E-state index in [1.54, 1.807) is 36.2 Å². The number of rotatable bonds is 4. The first-order chi connectivity index (χ1) is 11.3. The second kappa shape index (κ2) is 6.07. The van der Waals surface area contributed by atoms with E-state index in [2.05, 4.69) is 0 Å². The van der Waals surface area contributed by atoms with Gasteiger partial charge >= 0.3 is 0 Å². The molecule has 0 N–H and O–H groups in total. The molecule has 128 valence electrons. The molecule has 0 fully saturated rings. The molecule has 2 aromatic rings. The molecule has 24 heavy (non-hydrogen) atoms. The molecule has 1 aliphatic rings. The molecular weight excluding hydrogens is 328 g/mol. The Kier molecular flexibility index (Phi) is 4.23. The molecule has 0 bridgehead atoms. The van der Waals surface area contributed by atoms with Crippen molar-refractivity contribution in [2.75, 3.05) is 11.9 Å². The van der Waals surface area contributed by atoms with E-state index < -0.39 is 10.0 Å². The molecule has 0 radical (unpaired) electrons. The number of amides is 1. The molecule has 0 aliphatic carbocycles. The Morgan fingerprint density at radius 1 is 1.38 bits per heavy atom. The summed E-state index contributed by atoms with van der Waals surface area (Å²) in [6, 6.07) is 6.74. The molecule has 1 unspecified atom stereocenters. The van der Waals surface area contributed by atoms with Gasteiger partial charge in [-0.15, -0.1) is 0 Å². The predicted octanol–water partition coefficient (Wildman–Crippen LogP) is 2.40. The Morgan fingerprint density at radius 2 is 2.12 bits per heavy atom. The summed E-state index contributed by atoms with van der Waals surface area (Å²) in [5.41, 5.74) is 2.47. The van der Waals surface area contributed by atoms with Crippen molar-refractivity contribution in [3.8, 4) is 0 Å². The van der Waals surface area contributed by atoms with Crippen molar-refractivity contribution in [3.63, 3.8) is 0 Å². The summed E-state index contributed by atoms with van der Waals surface area (Å²) in [7, 11) is -2.06. The molecule has 0 saturated carbocycles. The van der Waals surface area contributed by atoms with Crippen LogP contribution < -0.4 is 4.90 Å². The number of fused-ring (bicyclic) bond motifs is 1. The van der Waals surface area contributed by atoms with Crippen molar-refractivity contribution < 1.29 is 17.6 Å². The van der Waals surface area contributed by atoms with Gasteiger partial charge in [-0.3, -0.25) is 4.79 Å². The molecule has 2 heterocycles. The molecule has 7 heteroatoms. The number of hydrogen-bond acceptors (Lipinski definition) is 4. The van der Waals surface area contributed by atoms with E-state index in [0.717, 1.165) is 16.8 Å². The molecule has 1 aliphatic heterocycles. The number of carbonyl (C=O) groups excluding carboxylic acids is 1. The fourth-order valence-corrected chi connectivity index (χ4v) is 4.36. The van der Waals surface area contributed by atoms with Crippen LogP contribution in [0.4, 0.5) is 5.69 Å². The maximum atomic E-state index is 12.8. The number of nitrogens with zero attached hydrogens (tertiary/aromatic N) is 2. The minimum absolute atomic E-state index is 0.0334. The Balaban J connectivity index is 1.90. The second-order valence-corrected chi connectivity index (χ2v) is 8.17.